The van der Waals surface area contributed by atoms with E-state index in [2.05, 4.69) is 10.3 Å². The van der Waals surface area contributed by atoms with E-state index >= 15 is 0 Å². The molecular weight excluding hydrogens is 348 g/mol. The van der Waals surface area contributed by atoms with E-state index in [9.17, 15) is 14.4 Å². The normalized spacial score (nSPS) is 10.8. The Morgan fingerprint density at radius 2 is 1.81 bits per heavy atom. The van der Waals surface area contributed by atoms with E-state index < -0.39 is 11.2 Å². The van der Waals surface area contributed by atoms with Crippen molar-refractivity contribution in [1.29, 1.82) is 0 Å². The molecule has 0 aliphatic rings. The van der Waals surface area contributed by atoms with Crippen LogP contribution in [-0.2, 0) is 14.1 Å². The van der Waals surface area contributed by atoms with Gasteiger partial charge in [0.25, 0.3) is 11.5 Å². The molecule has 0 unspecified atom stereocenters. The topological polar surface area (TPSA) is 95.2 Å². The SMILES string of the molecule is CCOc1ccc(C(=O)Nc2c(C)cnc3c2c(=O)n(C)c(=O)n3C)cc1. The number of carbonyl (C=O) groups excluding carboxylic acids is 1. The molecule has 1 N–H and O–H groups in total. The van der Waals surface area contributed by atoms with Gasteiger partial charge in [-0.05, 0) is 43.7 Å². The first-order valence-electron chi connectivity index (χ1n) is 8.44. The van der Waals surface area contributed by atoms with Gasteiger partial charge in [-0.2, -0.15) is 0 Å². The predicted octanol–water partition coefficient (Wildman–Crippen LogP) is 1.59. The summed E-state index contributed by atoms with van der Waals surface area (Å²) in [6.45, 7) is 4.16. The van der Waals surface area contributed by atoms with Crippen molar-refractivity contribution in [2.24, 2.45) is 14.1 Å². The zero-order chi connectivity index (χ0) is 19.7. The van der Waals surface area contributed by atoms with E-state index in [1.54, 1.807) is 31.2 Å². The fraction of sp³-hybridized carbons (Fsp3) is 0.263. The largest absolute Gasteiger partial charge is 0.494 e. The molecule has 0 saturated heterocycles. The van der Waals surface area contributed by atoms with Crippen molar-refractivity contribution >= 4 is 22.6 Å². The summed E-state index contributed by atoms with van der Waals surface area (Å²) in [5.41, 5.74) is 0.617. The maximum absolute atomic E-state index is 12.7. The van der Waals surface area contributed by atoms with Crippen LogP contribution in [0, 0.1) is 6.92 Å². The smallest absolute Gasteiger partial charge is 0.332 e. The van der Waals surface area contributed by atoms with E-state index in [0.29, 0.717) is 29.2 Å². The zero-order valence-electron chi connectivity index (χ0n) is 15.6. The number of hydrogen-bond acceptors (Lipinski definition) is 5. The second-order valence-electron chi connectivity index (χ2n) is 6.13. The van der Waals surface area contributed by atoms with Crippen LogP contribution in [0.25, 0.3) is 11.0 Å². The highest BCUT2D eigenvalue weighted by atomic mass is 16.5. The molecule has 0 aliphatic carbocycles. The molecule has 1 amide bonds. The van der Waals surface area contributed by atoms with Crippen LogP contribution in [-0.4, -0.2) is 26.6 Å². The van der Waals surface area contributed by atoms with Gasteiger partial charge in [-0.1, -0.05) is 0 Å². The molecule has 0 fully saturated rings. The molecule has 0 bridgehead atoms. The third-order valence-corrected chi connectivity index (χ3v) is 4.32. The van der Waals surface area contributed by atoms with Gasteiger partial charge in [-0.15, -0.1) is 0 Å². The molecule has 2 aromatic heterocycles. The number of nitrogens with zero attached hydrogens (tertiary/aromatic N) is 3. The van der Waals surface area contributed by atoms with E-state index in [-0.39, 0.29) is 16.9 Å². The number of anilines is 1. The highest BCUT2D eigenvalue weighted by Crippen LogP contribution is 2.23. The van der Waals surface area contributed by atoms with Crippen LogP contribution in [0.15, 0.2) is 40.1 Å². The summed E-state index contributed by atoms with van der Waals surface area (Å²) < 4.78 is 7.65. The Bertz CT molecular complexity index is 1140. The van der Waals surface area contributed by atoms with Crippen LogP contribution in [0.3, 0.4) is 0 Å². The number of carbonyl (C=O) groups is 1. The summed E-state index contributed by atoms with van der Waals surface area (Å²) in [5, 5.41) is 2.98. The molecule has 0 aliphatic heterocycles. The summed E-state index contributed by atoms with van der Waals surface area (Å²) in [6.07, 6.45) is 1.52. The molecule has 0 atom stereocenters. The summed E-state index contributed by atoms with van der Waals surface area (Å²) >= 11 is 0. The Kier molecular flexibility index (Phi) is 4.81. The lowest BCUT2D eigenvalue weighted by atomic mass is 10.1. The molecule has 27 heavy (non-hydrogen) atoms. The minimum absolute atomic E-state index is 0.193. The first kappa shape index (κ1) is 18.4. The van der Waals surface area contributed by atoms with E-state index in [1.807, 2.05) is 6.92 Å². The minimum Gasteiger partial charge on any atom is -0.494 e. The molecule has 3 aromatic rings. The lowest BCUT2D eigenvalue weighted by Crippen LogP contribution is -2.37. The lowest BCUT2D eigenvalue weighted by molar-refractivity contribution is 0.102. The van der Waals surface area contributed by atoms with Crippen molar-refractivity contribution in [2.45, 2.75) is 13.8 Å². The first-order valence-corrected chi connectivity index (χ1v) is 8.44. The molecule has 140 valence electrons. The zero-order valence-corrected chi connectivity index (χ0v) is 15.6. The number of aryl methyl sites for hydroxylation is 2. The number of fused-ring (bicyclic) bond motifs is 1. The number of benzene rings is 1. The van der Waals surface area contributed by atoms with Crippen molar-refractivity contribution in [2.75, 3.05) is 11.9 Å². The van der Waals surface area contributed by atoms with Crippen LogP contribution in [0.1, 0.15) is 22.8 Å². The molecule has 0 spiro atoms. The third kappa shape index (κ3) is 3.21. The maximum Gasteiger partial charge on any atom is 0.332 e. The van der Waals surface area contributed by atoms with Gasteiger partial charge < -0.3 is 10.1 Å². The number of nitrogens with one attached hydrogen (secondary N) is 1. The van der Waals surface area contributed by atoms with E-state index in [1.165, 1.54) is 24.9 Å². The number of aromatic nitrogens is 3. The van der Waals surface area contributed by atoms with Crippen LogP contribution in [0.5, 0.6) is 5.75 Å². The van der Waals surface area contributed by atoms with Gasteiger partial charge in [0.2, 0.25) is 0 Å². The Hall–Kier alpha value is -3.42. The third-order valence-electron chi connectivity index (χ3n) is 4.32. The quantitative estimate of drug-likeness (QED) is 0.755. The van der Waals surface area contributed by atoms with Crippen molar-refractivity contribution in [3.05, 3.63) is 62.4 Å². The van der Waals surface area contributed by atoms with Gasteiger partial charge >= 0.3 is 5.69 Å². The Balaban J connectivity index is 2.09. The molecule has 8 heteroatoms. The number of pyridine rings is 1. The van der Waals surface area contributed by atoms with Gasteiger partial charge in [0.15, 0.2) is 5.65 Å². The van der Waals surface area contributed by atoms with Crippen molar-refractivity contribution in [3.8, 4) is 5.75 Å². The standard InChI is InChI=1S/C19H20N4O4/c1-5-27-13-8-6-12(7-9-13)17(24)21-15-11(2)10-20-16-14(15)18(25)23(4)19(26)22(16)3/h6-10H,5H2,1-4H3,(H,20,21,24). The highest BCUT2D eigenvalue weighted by molar-refractivity contribution is 6.08. The molecule has 0 saturated carbocycles. The average molecular weight is 368 g/mol. The summed E-state index contributed by atoms with van der Waals surface area (Å²) in [5.74, 6) is 0.299. The number of rotatable bonds is 4. The molecule has 0 radical (unpaired) electrons. The second-order valence-corrected chi connectivity index (χ2v) is 6.13. The fourth-order valence-electron chi connectivity index (χ4n) is 2.84. The van der Waals surface area contributed by atoms with Gasteiger partial charge in [0.05, 0.1) is 12.3 Å². The van der Waals surface area contributed by atoms with Crippen LogP contribution in [0.4, 0.5) is 5.69 Å². The van der Waals surface area contributed by atoms with Gasteiger partial charge in [0, 0.05) is 25.9 Å². The molecule has 8 nitrogen and oxygen atoms in total. The number of ether oxygens (including phenoxy) is 1. The van der Waals surface area contributed by atoms with Crippen molar-refractivity contribution in [1.82, 2.24) is 14.1 Å². The minimum atomic E-state index is -0.508. The van der Waals surface area contributed by atoms with Crippen molar-refractivity contribution < 1.29 is 9.53 Å². The highest BCUT2D eigenvalue weighted by Gasteiger charge is 2.18. The van der Waals surface area contributed by atoms with Crippen LogP contribution in [0.2, 0.25) is 0 Å². The van der Waals surface area contributed by atoms with Crippen LogP contribution >= 0.6 is 0 Å². The first-order chi connectivity index (χ1) is 12.8. The lowest BCUT2D eigenvalue weighted by Gasteiger charge is -2.14. The summed E-state index contributed by atoms with van der Waals surface area (Å²) in [7, 11) is 2.93. The Morgan fingerprint density at radius 3 is 2.44 bits per heavy atom. The van der Waals surface area contributed by atoms with E-state index in [4.69, 9.17) is 4.74 Å². The summed E-state index contributed by atoms with van der Waals surface area (Å²) in [4.78, 5) is 41.6. The predicted molar refractivity (Wildman–Crippen MR) is 103 cm³/mol. The summed E-state index contributed by atoms with van der Waals surface area (Å²) in [6, 6.07) is 6.71. The average Bonchev–Trinajstić information content (AvgIpc) is 2.67. The molecule has 3 rings (SSSR count). The Morgan fingerprint density at radius 1 is 1.15 bits per heavy atom. The fourth-order valence-corrected chi connectivity index (χ4v) is 2.84. The number of amides is 1. The second kappa shape index (κ2) is 7.06. The molecular formula is C19H20N4O4. The van der Waals surface area contributed by atoms with Gasteiger partial charge in [-0.25, -0.2) is 9.78 Å². The van der Waals surface area contributed by atoms with Crippen molar-refractivity contribution in [3.63, 3.8) is 0 Å². The van der Waals surface area contributed by atoms with Gasteiger partial charge in [0.1, 0.15) is 11.1 Å². The molecule has 1 aromatic carbocycles. The van der Waals surface area contributed by atoms with E-state index in [0.717, 1.165) is 4.57 Å². The monoisotopic (exact) mass is 368 g/mol. The van der Waals surface area contributed by atoms with Gasteiger partial charge in [-0.3, -0.25) is 18.7 Å². The van der Waals surface area contributed by atoms with Crippen LogP contribution < -0.4 is 21.3 Å². The molecule has 2 heterocycles. The number of hydrogen-bond donors (Lipinski definition) is 1. The maximum atomic E-state index is 12.7. The Labute approximate surface area is 155 Å².